The zero-order valence-corrected chi connectivity index (χ0v) is 17.8. The minimum atomic E-state index is -1.11. The first-order valence-corrected chi connectivity index (χ1v) is 10.5. The number of carbonyl (C=O) groups is 2. The van der Waals surface area contributed by atoms with Crippen molar-refractivity contribution < 1.29 is 38.4 Å². The molecule has 0 aromatic rings. The summed E-state index contributed by atoms with van der Waals surface area (Å²) in [4.78, 5) is 21.5. The van der Waals surface area contributed by atoms with Crippen molar-refractivity contribution in [2.75, 3.05) is 72.6 Å². The highest BCUT2D eigenvalue weighted by atomic mass is 16.6. The molecule has 172 valence electrons. The van der Waals surface area contributed by atoms with Crippen molar-refractivity contribution in [1.82, 2.24) is 5.32 Å². The Morgan fingerprint density at radius 2 is 1.17 bits per heavy atom. The first-order valence-electron chi connectivity index (χ1n) is 10.5. The van der Waals surface area contributed by atoms with E-state index in [1.807, 2.05) is 0 Å². The first-order chi connectivity index (χ1) is 14.2. The van der Waals surface area contributed by atoms with Crippen LogP contribution in [0.2, 0.25) is 0 Å². The number of carboxylic acids is 1. The molecule has 0 atom stereocenters. The second-order valence-electron chi connectivity index (χ2n) is 6.45. The number of carboxylic acid groups (broad SMARTS) is 1. The van der Waals surface area contributed by atoms with Crippen molar-refractivity contribution >= 4 is 11.9 Å². The minimum absolute atomic E-state index is 0.278. The summed E-state index contributed by atoms with van der Waals surface area (Å²) in [5.74, 6) is -1.48. The number of nitrogens with one attached hydrogen (secondary N) is 1. The maximum Gasteiger partial charge on any atom is 0.329 e. The van der Waals surface area contributed by atoms with Crippen LogP contribution < -0.4 is 5.32 Å². The summed E-state index contributed by atoms with van der Waals surface area (Å²) >= 11 is 0. The lowest BCUT2D eigenvalue weighted by Gasteiger charge is -2.08. The zero-order valence-electron chi connectivity index (χ0n) is 17.8. The molecular formula is C20H39NO8. The van der Waals surface area contributed by atoms with Gasteiger partial charge in [0.1, 0.15) is 13.2 Å². The largest absolute Gasteiger partial charge is 0.480 e. The van der Waals surface area contributed by atoms with Crippen LogP contribution in [0.4, 0.5) is 0 Å². The van der Waals surface area contributed by atoms with E-state index in [0.717, 1.165) is 13.0 Å². The Labute approximate surface area is 174 Å². The lowest BCUT2D eigenvalue weighted by molar-refractivity contribution is -0.143. The highest BCUT2D eigenvalue weighted by Crippen LogP contribution is 2.04. The molecule has 0 saturated heterocycles. The summed E-state index contributed by atoms with van der Waals surface area (Å²) in [7, 11) is 0. The molecule has 0 rings (SSSR count). The van der Waals surface area contributed by atoms with Gasteiger partial charge in [-0.1, -0.05) is 39.0 Å². The molecule has 0 aliphatic heterocycles. The fourth-order valence-electron chi connectivity index (χ4n) is 2.29. The molecule has 29 heavy (non-hydrogen) atoms. The molecule has 0 heterocycles. The molecule has 9 heteroatoms. The van der Waals surface area contributed by atoms with Crippen molar-refractivity contribution in [2.24, 2.45) is 0 Å². The molecule has 0 aliphatic rings. The number of hydrogen-bond donors (Lipinski definition) is 2. The van der Waals surface area contributed by atoms with Crippen molar-refractivity contribution in [2.45, 2.75) is 45.4 Å². The van der Waals surface area contributed by atoms with Gasteiger partial charge >= 0.3 is 5.97 Å². The summed E-state index contributed by atoms with van der Waals surface area (Å²) in [6.07, 6.45) is 7.59. The van der Waals surface area contributed by atoms with Crippen LogP contribution in [0.5, 0.6) is 0 Å². The normalized spacial score (nSPS) is 10.9. The van der Waals surface area contributed by atoms with Gasteiger partial charge in [-0.05, 0) is 6.42 Å². The van der Waals surface area contributed by atoms with E-state index in [4.69, 9.17) is 24.1 Å². The molecule has 0 fully saturated rings. The number of ether oxygens (including phenoxy) is 5. The van der Waals surface area contributed by atoms with Gasteiger partial charge in [0.15, 0.2) is 0 Å². The fourth-order valence-corrected chi connectivity index (χ4v) is 2.29. The molecule has 0 aromatic carbocycles. The third-order valence-electron chi connectivity index (χ3n) is 3.79. The predicted octanol–water partition coefficient (Wildman–Crippen LogP) is 1.63. The standard InChI is InChI=1S/C20H39NO8/c1-2-3-4-5-6-7-9-25-11-13-27-15-16-28-14-12-26-10-8-21-19(22)17-29-18-20(23)24/h2-18H2,1H3,(H,21,22)(H,23,24). The average Bonchev–Trinajstić information content (AvgIpc) is 2.69. The number of carbonyl (C=O) groups excluding carboxylic acids is 1. The Morgan fingerprint density at radius 3 is 1.76 bits per heavy atom. The van der Waals surface area contributed by atoms with Gasteiger partial charge in [0.25, 0.3) is 0 Å². The highest BCUT2D eigenvalue weighted by Gasteiger charge is 2.02. The lowest BCUT2D eigenvalue weighted by atomic mass is 10.1. The van der Waals surface area contributed by atoms with Gasteiger partial charge in [0, 0.05) is 13.2 Å². The topological polar surface area (TPSA) is 113 Å². The summed E-state index contributed by atoms with van der Waals surface area (Å²) in [6.45, 7) is 6.02. The third-order valence-corrected chi connectivity index (χ3v) is 3.79. The Bertz CT molecular complexity index is 381. The van der Waals surface area contributed by atoms with E-state index in [1.54, 1.807) is 0 Å². The molecule has 9 nitrogen and oxygen atoms in total. The van der Waals surface area contributed by atoms with E-state index in [0.29, 0.717) is 52.8 Å². The maximum absolute atomic E-state index is 11.3. The minimum Gasteiger partial charge on any atom is -0.480 e. The summed E-state index contributed by atoms with van der Waals surface area (Å²) < 4.78 is 26.3. The molecule has 1 amide bonds. The monoisotopic (exact) mass is 421 g/mol. The van der Waals surface area contributed by atoms with Gasteiger partial charge in [-0.15, -0.1) is 0 Å². The van der Waals surface area contributed by atoms with Gasteiger partial charge in [-0.25, -0.2) is 4.79 Å². The van der Waals surface area contributed by atoms with Crippen LogP contribution in [-0.4, -0.2) is 89.6 Å². The number of hydrogen-bond acceptors (Lipinski definition) is 7. The van der Waals surface area contributed by atoms with Crippen molar-refractivity contribution in [3.8, 4) is 0 Å². The number of rotatable bonds is 23. The number of aliphatic carboxylic acids is 1. The number of amides is 1. The van der Waals surface area contributed by atoms with Gasteiger partial charge < -0.3 is 34.1 Å². The second-order valence-corrected chi connectivity index (χ2v) is 6.45. The van der Waals surface area contributed by atoms with Crippen molar-refractivity contribution in [3.05, 3.63) is 0 Å². The van der Waals surface area contributed by atoms with E-state index >= 15 is 0 Å². The quantitative estimate of drug-likeness (QED) is 0.239. The predicted molar refractivity (Wildman–Crippen MR) is 108 cm³/mol. The van der Waals surface area contributed by atoms with Crippen LogP contribution in [-0.2, 0) is 33.3 Å². The molecular weight excluding hydrogens is 382 g/mol. The van der Waals surface area contributed by atoms with Crippen LogP contribution in [0.3, 0.4) is 0 Å². The van der Waals surface area contributed by atoms with Crippen molar-refractivity contribution in [1.29, 1.82) is 0 Å². The van der Waals surface area contributed by atoms with Crippen LogP contribution in [0, 0.1) is 0 Å². The lowest BCUT2D eigenvalue weighted by Crippen LogP contribution is -2.31. The molecule has 0 unspecified atom stereocenters. The summed E-state index contributed by atoms with van der Waals surface area (Å²) in [5, 5.41) is 10.9. The Balaban J connectivity index is 3.10. The van der Waals surface area contributed by atoms with E-state index in [2.05, 4.69) is 17.0 Å². The smallest absolute Gasteiger partial charge is 0.329 e. The highest BCUT2D eigenvalue weighted by molar-refractivity contribution is 5.77. The Hall–Kier alpha value is -1.26. The summed E-state index contributed by atoms with van der Waals surface area (Å²) in [6, 6.07) is 0. The maximum atomic E-state index is 11.3. The van der Waals surface area contributed by atoms with E-state index in [-0.39, 0.29) is 12.5 Å². The van der Waals surface area contributed by atoms with Gasteiger partial charge in [-0.2, -0.15) is 0 Å². The van der Waals surface area contributed by atoms with Crippen LogP contribution in [0.25, 0.3) is 0 Å². The fraction of sp³-hybridized carbons (Fsp3) is 0.900. The van der Waals surface area contributed by atoms with Crippen LogP contribution >= 0.6 is 0 Å². The second kappa shape index (κ2) is 23.0. The first kappa shape index (κ1) is 27.7. The van der Waals surface area contributed by atoms with Crippen LogP contribution in [0.1, 0.15) is 45.4 Å². The third kappa shape index (κ3) is 24.7. The Kier molecular flexibility index (Phi) is 22.0. The molecule has 0 radical (unpaired) electrons. The molecule has 2 N–H and O–H groups in total. The van der Waals surface area contributed by atoms with Gasteiger partial charge in [-0.3, -0.25) is 4.79 Å². The van der Waals surface area contributed by atoms with E-state index in [9.17, 15) is 9.59 Å². The molecule has 0 spiro atoms. The van der Waals surface area contributed by atoms with E-state index in [1.165, 1.54) is 32.1 Å². The average molecular weight is 422 g/mol. The molecule has 0 saturated carbocycles. The molecule has 0 bridgehead atoms. The van der Waals surface area contributed by atoms with Crippen molar-refractivity contribution in [3.63, 3.8) is 0 Å². The van der Waals surface area contributed by atoms with Gasteiger partial charge in [0.05, 0.1) is 46.2 Å². The van der Waals surface area contributed by atoms with Crippen LogP contribution in [0.15, 0.2) is 0 Å². The molecule has 0 aliphatic carbocycles. The number of unbranched alkanes of at least 4 members (excludes halogenated alkanes) is 5. The zero-order chi connectivity index (χ0) is 21.4. The SMILES string of the molecule is CCCCCCCCOCCOCCOCCOCCNC(=O)COCC(=O)O. The van der Waals surface area contributed by atoms with Gasteiger partial charge in [0.2, 0.25) is 5.91 Å². The van der Waals surface area contributed by atoms with E-state index < -0.39 is 12.6 Å². The molecule has 0 aromatic heterocycles. The summed E-state index contributed by atoms with van der Waals surface area (Å²) in [5.41, 5.74) is 0. The Morgan fingerprint density at radius 1 is 0.655 bits per heavy atom.